The van der Waals surface area contributed by atoms with Crippen molar-refractivity contribution in [2.45, 2.75) is 46.0 Å². The molecule has 0 bridgehead atoms. The first-order valence-corrected chi connectivity index (χ1v) is 7.93. The number of carbonyl (C=O) groups is 1. The monoisotopic (exact) mass is 301 g/mol. The zero-order valence-corrected chi connectivity index (χ0v) is 13.3. The predicted octanol–water partition coefficient (Wildman–Crippen LogP) is 3.60. The topological polar surface area (TPSA) is 57.0 Å². The normalized spacial score (nSPS) is 10.6. The van der Waals surface area contributed by atoms with Gasteiger partial charge in [0, 0.05) is 0 Å². The molecule has 0 atom stereocenters. The Kier molecular flexibility index (Phi) is 6.13. The number of nitrogens with zero attached hydrogens (tertiary/aromatic N) is 3. The van der Waals surface area contributed by atoms with Crippen LogP contribution >= 0.6 is 0 Å². The van der Waals surface area contributed by atoms with E-state index in [0.717, 1.165) is 62.1 Å². The van der Waals surface area contributed by atoms with Gasteiger partial charge in [-0.15, -0.1) is 5.10 Å². The number of carbonyl (C=O) groups excluding carboxylic acids is 1. The van der Waals surface area contributed by atoms with Gasteiger partial charge in [0.1, 0.15) is 11.4 Å². The van der Waals surface area contributed by atoms with Crippen LogP contribution in [0.3, 0.4) is 0 Å². The summed E-state index contributed by atoms with van der Waals surface area (Å²) in [5.74, 6) is 0.850. The van der Waals surface area contributed by atoms with Gasteiger partial charge in [0.15, 0.2) is 6.29 Å². The van der Waals surface area contributed by atoms with Gasteiger partial charge in [-0.1, -0.05) is 31.9 Å². The molecular weight excluding hydrogens is 278 g/mol. The Hall–Kier alpha value is -2.17. The number of ether oxygens (including phenoxy) is 1. The molecule has 2 rings (SSSR count). The Balaban J connectivity index is 2.17. The van der Waals surface area contributed by atoms with E-state index in [0.29, 0.717) is 5.69 Å². The van der Waals surface area contributed by atoms with Gasteiger partial charge in [0.05, 0.1) is 18.0 Å². The van der Waals surface area contributed by atoms with E-state index in [1.807, 2.05) is 24.3 Å². The zero-order chi connectivity index (χ0) is 15.8. The van der Waals surface area contributed by atoms with E-state index >= 15 is 0 Å². The average molecular weight is 301 g/mol. The number of aldehydes is 1. The second kappa shape index (κ2) is 8.32. The van der Waals surface area contributed by atoms with E-state index in [2.05, 4.69) is 24.2 Å². The summed E-state index contributed by atoms with van der Waals surface area (Å²) in [6.45, 7) is 4.99. The smallest absolute Gasteiger partial charge is 0.172 e. The second-order valence-corrected chi connectivity index (χ2v) is 5.25. The number of hydrogen-bond donors (Lipinski definition) is 0. The molecule has 0 unspecified atom stereocenters. The summed E-state index contributed by atoms with van der Waals surface area (Å²) < 4.78 is 7.40. The Labute approximate surface area is 131 Å². The molecule has 2 aromatic rings. The Bertz CT molecular complexity index is 590. The maximum absolute atomic E-state index is 11.1. The van der Waals surface area contributed by atoms with E-state index < -0.39 is 0 Å². The fourth-order valence-corrected chi connectivity index (χ4v) is 2.21. The van der Waals surface area contributed by atoms with E-state index in [9.17, 15) is 4.79 Å². The molecule has 1 heterocycles. The van der Waals surface area contributed by atoms with Gasteiger partial charge >= 0.3 is 0 Å². The van der Waals surface area contributed by atoms with Crippen LogP contribution in [-0.4, -0.2) is 27.9 Å². The molecule has 0 amide bonds. The van der Waals surface area contributed by atoms with Crippen molar-refractivity contribution in [2.75, 3.05) is 6.61 Å². The number of unbranched alkanes of at least 4 members (excludes halogenated alkanes) is 2. The van der Waals surface area contributed by atoms with Crippen molar-refractivity contribution >= 4 is 6.29 Å². The van der Waals surface area contributed by atoms with E-state index in [4.69, 9.17) is 4.74 Å². The van der Waals surface area contributed by atoms with Crippen LogP contribution < -0.4 is 4.74 Å². The highest BCUT2D eigenvalue weighted by Crippen LogP contribution is 2.18. The lowest BCUT2D eigenvalue weighted by molar-refractivity contribution is 0.111. The molecule has 0 N–H and O–H groups in total. The summed E-state index contributed by atoms with van der Waals surface area (Å²) in [6.07, 6.45) is 5.81. The molecule has 0 saturated heterocycles. The SMILES string of the molecule is CCCCOc1ccc(-n2nnc(C=O)c2CCCC)cc1. The predicted molar refractivity (Wildman–Crippen MR) is 85.8 cm³/mol. The first-order valence-electron chi connectivity index (χ1n) is 7.93. The van der Waals surface area contributed by atoms with Gasteiger partial charge in [0.2, 0.25) is 0 Å². The summed E-state index contributed by atoms with van der Waals surface area (Å²) in [6, 6.07) is 7.74. The van der Waals surface area contributed by atoms with Crippen molar-refractivity contribution in [3.05, 3.63) is 35.7 Å². The summed E-state index contributed by atoms with van der Waals surface area (Å²) in [5.41, 5.74) is 2.20. The summed E-state index contributed by atoms with van der Waals surface area (Å²) >= 11 is 0. The fraction of sp³-hybridized carbons (Fsp3) is 0.471. The Morgan fingerprint density at radius 1 is 1.14 bits per heavy atom. The maximum Gasteiger partial charge on any atom is 0.172 e. The molecule has 0 spiro atoms. The highest BCUT2D eigenvalue weighted by molar-refractivity contribution is 5.73. The van der Waals surface area contributed by atoms with Crippen LogP contribution in [0.4, 0.5) is 0 Å². The molecule has 1 aromatic heterocycles. The third-order valence-corrected chi connectivity index (χ3v) is 3.52. The van der Waals surface area contributed by atoms with Crippen LogP contribution in [0.2, 0.25) is 0 Å². The van der Waals surface area contributed by atoms with Crippen molar-refractivity contribution in [1.82, 2.24) is 15.0 Å². The van der Waals surface area contributed by atoms with Crippen molar-refractivity contribution in [3.63, 3.8) is 0 Å². The standard InChI is InChI=1S/C17H23N3O2/c1-3-5-7-17-16(13-21)18-19-20(17)14-8-10-15(11-9-14)22-12-6-4-2/h8-11,13H,3-7,12H2,1-2H3. The van der Waals surface area contributed by atoms with Gasteiger partial charge in [-0.3, -0.25) is 4.79 Å². The van der Waals surface area contributed by atoms with E-state index in [-0.39, 0.29) is 0 Å². The van der Waals surface area contributed by atoms with Gasteiger partial charge in [0.25, 0.3) is 0 Å². The van der Waals surface area contributed by atoms with Gasteiger partial charge in [-0.05, 0) is 43.5 Å². The molecule has 118 valence electrons. The lowest BCUT2D eigenvalue weighted by atomic mass is 10.1. The number of benzene rings is 1. The zero-order valence-electron chi connectivity index (χ0n) is 13.3. The molecular formula is C17H23N3O2. The van der Waals surface area contributed by atoms with Crippen LogP contribution in [0.1, 0.15) is 55.7 Å². The fourth-order valence-electron chi connectivity index (χ4n) is 2.21. The minimum Gasteiger partial charge on any atom is -0.494 e. The lowest BCUT2D eigenvalue weighted by Gasteiger charge is -2.08. The molecule has 0 aliphatic rings. The number of hydrogen-bond acceptors (Lipinski definition) is 4. The molecule has 0 fully saturated rings. The average Bonchev–Trinajstić information content (AvgIpc) is 2.96. The second-order valence-electron chi connectivity index (χ2n) is 5.25. The van der Waals surface area contributed by atoms with E-state index in [1.165, 1.54) is 0 Å². The molecule has 0 saturated carbocycles. The molecule has 22 heavy (non-hydrogen) atoms. The Morgan fingerprint density at radius 3 is 2.50 bits per heavy atom. The van der Waals surface area contributed by atoms with Gasteiger partial charge < -0.3 is 4.74 Å². The van der Waals surface area contributed by atoms with Gasteiger partial charge in [-0.2, -0.15) is 0 Å². The highest BCUT2D eigenvalue weighted by atomic mass is 16.5. The van der Waals surface area contributed by atoms with Crippen LogP contribution in [0.5, 0.6) is 5.75 Å². The number of aromatic nitrogens is 3. The summed E-state index contributed by atoms with van der Waals surface area (Å²) in [4.78, 5) is 11.1. The number of rotatable bonds is 9. The lowest BCUT2D eigenvalue weighted by Crippen LogP contribution is -2.04. The molecule has 5 nitrogen and oxygen atoms in total. The third kappa shape index (κ3) is 3.93. The first kappa shape index (κ1) is 16.2. The van der Waals surface area contributed by atoms with Crippen LogP contribution in [0.25, 0.3) is 5.69 Å². The third-order valence-electron chi connectivity index (χ3n) is 3.52. The first-order chi connectivity index (χ1) is 10.8. The summed E-state index contributed by atoms with van der Waals surface area (Å²) in [5, 5.41) is 8.07. The maximum atomic E-state index is 11.1. The molecule has 0 radical (unpaired) electrons. The molecule has 0 aliphatic carbocycles. The van der Waals surface area contributed by atoms with Crippen LogP contribution in [-0.2, 0) is 6.42 Å². The molecule has 0 aliphatic heterocycles. The van der Waals surface area contributed by atoms with Crippen molar-refractivity contribution < 1.29 is 9.53 Å². The summed E-state index contributed by atoms with van der Waals surface area (Å²) in [7, 11) is 0. The minimum atomic E-state index is 0.428. The van der Waals surface area contributed by atoms with E-state index in [1.54, 1.807) is 4.68 Å². The van der Waals surface area contributed by atoms with Crippen molar-refractivity contribution in [3.8, 4) is 11.4 Å². The van der Waals surface area contributed by atoms with Crippen molar-refractivity contribution in [1.29, 1.82) is 0 Å². The highest BCUT2D eigenvalue weighted by Gasteiger charge is 2.13. The molecule has 5 heteroatoms. The van der Waals surface area contributed by atoms with Crippen LogP contribution in [0, 0.1) is 0 Å². The quantitative estimate of drug-likeness (QED) is 0.524. The van der Waals surface area contributed by atoms with Crippen LogP contribution in [0.15, 0.2) is 24.3 Å². The van der Waals surface area contributed by atoms with Crippen molar-refractivity contribution in [2.24, 2.45) is 0 Å². The Morgan fingerprint density at radius 2 is 1.86 bits per heavy atom. The molecule has 1 aromatic carbocycles. The minimum absolute atomic E-state index is 0.428. The van der Waals surface area contributed by atoms with Gasteiger partial charge in [-0.25, -0.2) is 4.68 Å². The largest absolute Gasteiger partial charge is 0.494 e.